The van der Waals surface area contributed by atoms with Crippen molar-refractivity contribution in [2.24, 2.45) is 0 Å². The molecule has 102 valence electrons. The molecule has 0 bridgehead atoms. The number of hydrogen-bond acceptors (Lipinski definition) is 2. The predicted octanol–water partition coefficient (Wildman–Crippen LogP) is 4.89. The molecule has 0 aliphatic heterocycles. The van der Waals surface area contributed by atoms with Crippen LogP contribution in [0.25, 0.3) is 10.9 Å². The van der Waals surface area contributed by atoms with Crippen molar-refractivity contribution in [1.29, 1.82) is 0 Å². The predicted molar refractivity (Wildman–Crippen MR) is 81.1 cm³/mol. The third kappa shape index (κ3) is 2.86. The Kier molecular flexibility index (Phi) is 3.78. The largest absolute Gasteiger partial charge is 0.386 e. The van der Waals surface area contributed by atoms with E-state index in [2.05, 4.69) is 18.8 Å². The number of benzene rings is 1. The van der Waals surface area contributed by atoms with E-state index in [1.54, 1.807) is 26.0 Å². The number of nitrogens with zero attached hydrogens (tertiary/aromatic N) is 1. The maximum Gasteiger partial charge on any atom is 0.0848 e. The fourth-order valence-corrected chi connectivity index (χ4v) is 2.67. The normalized spacial score (nSPS) is 12.4. The molecule has 0 spiro atoms. The molecule has 19 heavy (non-hydrogen) atoms. The molecule has 1 heterocycles. The topological polar surface area (TPSA) is 33.1 Å². The number of aromatic nitrogens is 1. The van der Waals surface area contributed by atoms with E-state index in [0.29, 0.717) is 10.0 Å². The van der Waals surface area contributed by atoms with Crippen molar-refractivity contribution in [1.82, 2.24) is 4.98 Å². The van der Waals surface area contributed by atoms with Crippen molar-refractivity contribution in [2.45, 2.75) is 39.2 Å². The quantitative estimate of drug-likeness (QED) is 0.856. The molecule has 1 aromatic heterocycles. The van der Waals surface area contributed by atoms with Gasteiger partial charge in [-0.15, -0.1) is 0 Å². The van der Waals surface area contributed by atoms with Crippen LogP contribution in [0.2, 0.25) is 10.0 Å². The second-order valence-electron chi connectivity index (χ2n) is 5.59. The molecule has 0 aliphatic carbocycles. The van der Waals surface area contributed by atoms with Crippen molar-refractivity contribution >= 4 is 34.1 Å². The van der Waals surface area contributed by atoms with Gasteiger partial charge in [0.1, 0.15) is 0 Å². The van der Waals surface area contributed by atoms with Crippen LogP contribution in [0, 0.1) is 0 Å². The van der Waals surface area contributed by atoms with E-state index in [1.807, 2.05) is 6.07 Å². The standard InChI is InChI=1S/C15H17Cl2NO/c1-8(2)12-7-10(15(3,4)19)14-11(17)5-9(16)6-13(14)18-12/h5-8,19H,1-4H3. The van der Waals surface area contributed by atoms with E-state index in [-0.39, 0.29) is 5.92 Å². The molecule has 1 N–H and O–H groups in total. The van der Waals surface area contributed by atoms with Crippen LogP contribution in [0.1, 0.15) is 44.9 Å². The Labute approximate surface area is 123 Å². The van der Waals surface area contributed by atoms with Gasteiger partial charge >= 0.3 is 0 Å². The Bertz CT molecular complexity index is 630. The van der Waals surface area contributed by atoms with E-state index in [1.165, 1.54) is 0 Å². The lowest BCUT2D eigenvalue weighted by Gasteiger charge is -2.22. The lowest BCUT2D eigenvalue weighted by Crippen LogP contribution is -2.17. The summed E-state index contributed by atoms with van der Waals surface area (Å²) in [6.45, 7) is 7.62. The second kappa shape index (κ2) is 4.93. The molecule has 2 aromatic rings. The lowest BCUT2D eigenvalue weighted by atomic mass is 9.92. The summed E-state index contributed by atoms with van der Waals surface area (Å²) in [7, 11) is 0. The highest BCUT2D eigenvalue weighted by molar-refractivity contribution is 6.38. The van der Waals surface area contributed by atoms with E-state index in [4.69, 9.17) is 23.2 Å². The molecule has 1 aromatic carbocycles. The summed E-state index contributed by atoms with van der Waals surface area (Å²) < 4.78 is 0. The Balaban J connectivity index is 2.91. The molecule has 0 amide bonds. The molecule has 2 nitrogen and oxygen atoms in total. The van der Waals surface area contributed by atoms with Crippen molar-refractivity contribution in [3.8, 4) is 0 Å². The van der Waals surface area contributed by atoms with Gasteiger partial charge in [-0.1, -0.05) is 37.0 Å². The van der Waals surface area contributed by atoms with Crippen LogP contribution < -0.4 is 0 Å². The average Bonchev–Trinajstić information content (AvgIpc) is 2.25. The summed E-state index contributed by atoms with van der Waals surface area (Å²) in [5.41, 5.74) is 1.44. The first-order valence-electron chi connectivity index (χ1n) is 6.22. The van der Waals surface area contributed by atoms with Gasteiger partial charge in [0.05, 0.1) is 16.1 Å². The van der Waals surface area contributed by atoms with Crippen LogP contribution in [0.3, 0.4) is 0 Å². The van der Waals surface area contributed by atoms with E-state index < -0.39 is 5.60 Å². The summed E-state index contributed by atoms with van der Waals surface area (Å²) in [6.07, 6.45) is 0. The molecular weight excluding hydrogens is 281 g/mol. The number of hydrogen-bond donors (Lipinski definition) is 1. The smallest absolute Gasteiger partial charge is 0.0848 e. The fraction of sp³-hybridized carbons (Fsp3) is 0.400. The van der Waals surface area contributed by atoms with Gasteiger partial charge in [0, 0.05) is 16.1 Å². The SMILES string of the molecule is CC(C)c1cc(C(C)(C)O)c2c(Cl)cc(Cl)cc2n1. The van der Waals surface area contributed by atoms with Crippen molar-refractivity contribution < 1.29 is 5.11 Å². The van der Waals surface area contributed by atoms with E-state index in [0.717, 1.165) is 22.2 Å². The molecule has 0 aliphatic rings. The van der Waals surface area contributed by atoms with Gasteiger partial charge in [-0.2, -0.15) is 0 Å². The molecule has 0 saturated heterocycles. The monoisotopic (exact) mass is 297 g/mol. The van der Waals surface area contributed by atoms with Crippen LogP contribution in [-0.2, 0) is 5.60 Å². The van der Waals surface area contributed by atoms with Crippen molar-refractivity contribution in [3.05, 3.63) is 39.5 Å². The Morgan fingerprint density at radius 1 is 1.16 bits per heavy atom. The van der Waals surface area contributed by atoms with Crippen LogP contribution in [0.15, 0.2) is 18.2 Å². The number of aliphatic hydroxyl groups is 1. The minimum atomic E-state index is -0.984. The third-order valence-corrected chi connectivity index (χ3v) is 3.61. The Morgan fingerprint density at radius 3 is 2.32 bits per heavy atom. The number of fused-ring (bicyclic) bond motifs is 1. The molecular formula is C15H17Cl2NO. The Hall–Kier alpha value is -0.830. The van der Waals surface area contributed by atoms with Gasteiger partial charge < -0.3 is 5.11 Å². The first-order valence-corrected chi connectivity index (χ1v) is 6.98. The van der Waals surface area contributed by atoms with E-state index >= 15 is 0 Å². The summed E-state index contributed by atoms with van der Waals surface area (Å²) in [6, 6.07) is 5.38. The van der Waals surface area contributed by atoms with Crippen molar-refractivity contribution in [2.75, 3.05) is 0 Å². The molecule has 0 atom stereocenters. The maximum absolute atomic E-state index is 10.4. The van der Waals surface area contributed by atoms with Gasteiger partial charge in [0.2, 0.25) is 0 Å². The minimum absolute atomic E-state index is 0.267. The zero-order valence-electron chi connectivity index (χ0n) is 11.5. The first kappa shape index (κ1) is 14.6. The van der Waals surface area contributed by atoms with Gasteiger partial charge in [-0.05, 0) is 43.5 Å². The molecule has 2 rings (SSSR count). The van der Waals surface area contributed by atoms with Gasteiger partial charge in [0.15, 0.2) is 0 Å². The number of halogens is 2. The highest BCUT2D eigenvalue weighted by atomic mass is 35.5. The summed E-state index contributed by atoms with van der Waals surface area (Å²) in [4.78, 5) is 4.59. The van der Waals surface area contributed by atoms with Gasteiger partial charge in [-0.3, -0.25) is 4.98 Å². The number of pyridine rings is 1. The zero-order valence-corrected chi connectivity index (χ0v) is 13.0. The zero-order chi connectivity index (χ0) is 14.4. The van der Waals surface area contributed by atoms with Crippen LogP contribution in [0.5, 0.6) is 0 Å². The molecule has 0 saturated carbocycles. The number of rotatable bonds is 2. The van der Waals surface area contributed by atoms with Crippen LogP contribution >= 0.6 is 23.2 Å². The summed E-state index contributed by atoms with van der Waals surface area (Å²) in [5, 5.41) is 12.2. The average molecular weight is 298 g/mol. The molecule has 0 fully saturated rings. The fourth-order valence-electron chi connectivity index (χ4n) is 2.08. The molecule has 0 radical (unpaired) electrons. The van der Waals surface area contributed by atoms with Crippen molar-refractivity contribution in [3.63, 3.8) is 0 Å². The van der Waals surface area contributed by atoms with E-state index in [9.17, 15) is 5.11 Å². The second-order valence-corrected chi connectivity index (χ2v) is 6.43. The maximum atomic E-state index is 10.4. The highest BCUT2D eigenvalue weighted by Gasteiger charge is 2.23. The first-order chi connectivity index (χ1) is 8.70. The molecule has 4 heteroatoms. The lowest BCUT2D eigenvalue weighted by molar-refractivity contribution is 0.0800. The van der Waals surface area contributed by atoms with Gasteiger partial charge in [0.25, 0.3) is 0 Å². The van der Waals surface area contributed by atoms with Gasteiger partial charge in [-0.25, -0.2) is 0 Å². The van der Waals surface area contributed by atoms with Crippen LogP contribution in [0.4, 0.5) is 0 Å². The third-order valence-electron chi connectivity index (χ3n) is 3.10. The van der Waals surface area contributed by atoms with Crippen LogP contribution in [-0.4, -0.2) is 10.1 Å². The summed E-state index contributed by atoms with van der Waals surface area (Å²) in [5.74, 6) is 0.267. The Morgan fingerprint density at radius 2 is 1.79 bits per heavy atom. The summed E-state index contributed by atoms with van der Waals surface area (Å²) >= 11 is 12.3. The minimum Gasteiger partial charge on any atom is -0.386 e. The highest BCUT2D eigenvalue weighted by Crippen LogP contribution is 2.36. The molecule has 0 unspecified atom stereocenters.